The molecule has 104 valence electrons. The van der Waals surface area contributed by atoms with Crippen molar-refractivity contribution in [3.8, 4) is 0 Å². The second-order valence-corrected chi connectivity index (χ2v) is 4.78. The van der Waals surface area contributed by atoms with Crippen LogP contribution in [0.1, 0.15) is 49.1 Å². The van der Waals surface area contributed by atoms with Gasteiger partial charge in [0.2, 0.25) is 5.89 Å². The van der Waals surface area contributed by atoms with Gasteiger partial charge in [-0.25, -0.2) is 4.79 Å². The van der Waals surface area contributed by atoms with Crippen LogP contribution in [0.15, 0.2) is 4.52 Å². The highest BCUT2D eigenvalue weighted by atomic mass is 16.5. The number of carbonyl (C=O) groups excluding carboxylic acids is 1. The molecule has 1 aliphatic heterocycles. The van der Waals surface area contributed by atoms with Gasteiger partial charge >= 0.3 is 5.97 Å². The first-order chi connectivity index (χ1) is 9.01. The van der Waals surface area contributed by atoms with E-state index in [1.165, 1.54) is 4.90 Å². The lowest BCUT2D eigenvalue weighted by atomic mass is 9.90. The first-order valence-corrected chi connectivity index (χ1v) is 6.37. The summed E-state index contributed by atoms with van der Waals surface area (Å²) < 4.78 is 4.78. The molecule has 7 nitrogen and oxygen atoms in total. The van der Waals surface area contributed by atoms with E-state index in [4.69, 9.17) is 4.52 Å². The largest absolute Gasteiger partial charge is 0.479 e. The minimum absolute atomic E-state index is 0.0684. The van der Waals surface area contributed by atoms with Crippen LogP contribution in [0, 0.1) is 6.92 Å². The predicted molar refractivity (Wildman–Crippen MR) is 64.6 cm³/mol. The molecule has 1 aromatic rings. The summed E-state index contributed by atoms with van der Waals surface area (Å²) in [5.41, 5.74) is -1.12. The van der Waals surface area contributed by atoms with E-state index in [0.29, 0.717) is 38.1 Å². The van der Waals surface area contributed by atoms with Crippen LogP contribution >= 0.6 is 0 Å². The summed E-state index contributed by atoms with van der Waals surface area (Å²) in [6.07, 6.45) is 2.28. The summed E-state index contributed by atoms with van der Waals surface area (Å²) in [6.45, 7) is 3.91. The Balaban J connectivity index is 2.31. The summed E-state index contributed by atoms with van der Waals surface area (Å²) in [6, 6.07) is 0. The van der Waals surface area contributed by atoms with Gasteiger partial charge in [0.1, 0.15) is 5.54 Å². The number of carbonyl (C=O) groups is 2. The lowest BCUT2D eigenvalue weighted by Gasteiger charge is -2.33. The number of aliphatic carboxylic acids is 1. The van der Waals surface area contributed by atoms with E-state index in [1.54, 1.807) is 6.92 Å². The van der Waals surface area contributed by atoms with Gasteiger partial charge in [-0.3, -0.25) is 4.79 Å². The first kappa shape index (κ1) is 13.5. The molecule has 0 bridgehead atoms. The van der Waals surface area contributed by atoms with Gasteiger partial charge in [0, 0.05) is 13.5 Å². The minimum atomic E-state index is -1.12. The minimum Gasteiger partial charge on any atom is -0.479 e. The summed E-state index contributed by atoms with van der Waals surface area (Å²) in [5.74, 6) is -1.20. The fourth-order valence-corrected chi connectivity index (χ4v) is 2.68. The average molecular weight is 267 g/mol. The molecule has 1 amide bonds. The molecule has 1 unspecified atom stereocenters. The van der Waals surface area contributed by atoms with Crippen molar-refractivity contribution in [3.63, 3.8) is 0 Å². The Bertz CT molecular complexity index is 499. The topological polar surface area (TPSA) is 96.5 Å². The van der Waals surface area contributed by atoms with Crippen LogP contribution in [0.5, 0.6) is 0 Å². The molecule has 0 radical (unpaired) electrons. The van der Waals surface area contributed by atoms with Crippen molar-refractivity contribution in [2.75, 3.05) is 6.54 Å². The van der Waals surface area contributed by atoms with E-state index in [0.717, 1.165) is 0 Å². The molecule has 0 aliphatic carbocycles. The lowest BCUT2D eigenvalue weighted by molar-refractivity contribution is -0.148. The summed E-state index contributed by atoms with van der Waals surface area (Å²) in [5, 5.41) is 13.1. The number of hydrogen-bond donors (Lipinski definition) is 1. The van der Waals surface area contributed by atoms with Crippen LogP contribution in [0.2, 0.25) is 0 Å². The van der Waals surface area contributed by atoms with Gasteiger partial charge in [-0.2, -0.15) is 4.98 Å². The molecule has 0 saturated carbocycles. The number of rotatable bonds is 4. The number of hydrogen-bond acceptors (Lipinski definition) is 5. The van der Waals surface area contributed by atoms with Gasteiger partial charge in [-0.1, -0.05) is 18.5 Å². The van der Waals surface area contributed by atoms with E-state index in [-0.39, 0.29) is 5.82 Å². The van der Waals surface area contributed by atoms with Crippen LogP contribution in [0.3, 0.4) is 0 Å². The number of carboxylic acid groups (broad SMARTS) is 1. The van der Waals surface area contributed by atoms with Crippen LogP contribution < -0.4 is 0 Å². The zero-order valence-corrected chi connectivity index (χ0v) is 11.0. The highest BCUT2D eigenvalue weighted by Crippen LogP contribution is 2.34. The third-order valence-electron chi connectivity index (χ3n) is 3.51. The molecule has 2 rings (SSSR count). The van der Waals surface area contributed by atoms with Gasteiger partial charge in [0.15, 0.2) is 0 Å². The maximum absolute atomic E-state index is 12.3. The predicted octanol–water partition coefficient (Wildman–Crippen LogP) is 1.24. The molecular weight excluding hydrogens is 250 g/mol. The molecule has 0 spiro atoms. The normalized spacial score (nSPS) is 22.7. The first-order valence-electron chi connectivity index (χ1n) is 6.37. The Morgan fingerprint density at radius 2 is 2.26 bits per heavy atom. The molecule has 1 aromatic heterocycles. The maximum atomic E-state index is 12.3. The Morgan fingerprint density at radius 3 is 2.79 bits per heavy atom. The molecule has 1 saturated heterocycles. The van der Waals surface area contributed by atoms with Gasteiger partial charge in [0.25, 0.3) is 11.7 Å². The zero-order valence-electron chi connectivity index (χ0n) is 11.0. The summed E-state index contributed by atoms with van der Waals surface area (Å²) >= 11 is 0. The molecule has 1 aliphatic rings. The van der Waals surface area contributed by atoms with Gasteiger partial charge < -0.3 is 14.5 Å². The Hall–Kier alpha value is -1.92. The van der Waals surface area contributed by atoms with Crippen molar-refractivity contribution in [1.29, 1.82) is 0 Å². The smallest absolute Gasteiger partial charge is 0.329 e. The highest BCUT2D eigenvalue weighted by molar-refractivity contribution is 5.95. The zero-order chi connectivity index (χ0) is 14.0. The van der Waals surface area contributed by atoms with Crippen molar-refractivity contribution >= 4 is 11.9 Å². The van der Waals surface area contributed by atoms with Crippen LogP contribution in [-0.2, 0) is 4.79 Å². The van der Waals surface area contributed by atoms with Gasteiger partial charge in [0.05, 0.1) is 0 Å². The quantitative estimate of drug-likeness (QED) is 0.881. The fraction of sp³-hybridized carbons (Fsp3) is 0.667. The number of nitrogens with zero attached hydrogens (tertiary/aromatic N) is 3. The number of amides is 1. The lowest BCUT2D eigenvalue weighted by Crippen LogP contribution is -2.53. The molecule has 7 heteroatoms. The third kappa shape index (κ3) is 2.20. The van der Waals surface area contributed by atoms with E-state index in [2.05, 4.69) is 10.1 Å². The van der Waals surface area contributed by atoms with Crippen molar-refractivity contribution in [2.24, 2.45) is 0 Å². The van der Waals surface area contributed by atoms with Gasteiger partial charge in [-0.15, -0.1) is 0 Å². The third-order valence-corrected chi connectivity index (χ3v) is 3.51. The van der Waals surface area contributed by atoms with Crippen molar-refractivity contribution in [1.82, 2.24) is 15.0 Å². The summed E-state index contributed by atoms with van der Waals surface area (Å²) in [4.78, 5) is 29.2. The maximum Gasteiger partial charge on any atom is 0.329 e. The van der Waals surface area contributed by atoms with E-state index < -0.39 is 17.4 Å². The van der Waals surface area contributed by atoms with Crippen molar-refractivity contribution < 1.29 is 19.2 Å². The monoisotopic (exact) mass is 267 g/mol. The average Bonchev–Trinajstić information content (AvgIpc) is 2.96. The molecule has 1 N–H and O–H groups in total. The molecule has 0 aromatic carbocycles. The number of aromatic nitrogens is 2. The summed E-state index contributed by atoms with van der Waals surface area (Å²) in [7, 11) is 0. The van der Waals surface area contributed by atoms with Crippen LogP contribution in [-0.4, -0.2) is 44.1 Å². The Morgan fingerprint density at radius 1 is 1.53 bits per heavy atom. The molecular formula is C12H17N3O4. The number of likely N-dealkylation sites (tertiary alicyclic amines) is 1. The van der Waals surface area contributed by atoms with Crippen LogP contribution in [0.4, 0.5) is 0 Å². The number of carboxylic acids is 1. The standard InChI is InChI=1S/C12H17N3O4/c1-3-5-12(11(17)18)6-4-7-15(12)10(16)9-13-8(2)19-14-9/h3-7H2,1-2H3,(H,17,18). The molecule has 19 heavy (non-hydrogen) atoms. The van der Waals surface area contributed by atoms with E-state index in [9.17, 15) is 14.7 Å². The number of aryl methyl sites for hydroxylation is 1. The van der Waals surface area contributed by atoms with E-state index >= 15 is 0 Å². The van der Waals surface area contributed by atoms with Gasteiger partial charge in [-0.05, 0) is 19.3 Å². The Labute approximate surface area is 110 Å². The second-order valence-electron chi connectivity index (χ2n) is 4.78. The molecule has 1 atom stereocenters. The molecule has 2 heterocycles. The van der Waals surface area contributed by atoms with Crippen LogP contribution in [0.25, 0.3) is 0 Å². The second kappa shape index (κ2) is 4.99. The van der Waals surface area contributed by atoms with E-state index in [1.807, 2.05) is 6.92 Å². The Kier molecular flexibility index (Phi) is 3.55. The van der Waals surface area contributed by atoms with Crippen molar-refractivity contribution in [3.05, 3.63) is 11.7 Å². The fourth-order valence-electron chi connectivity index (χ4n) is 2.68. The SMILES string of the molecule is CCCC1(C(=O)O)CCCN1C(=O)c1noc(C)n1. The van der Waals surface area contributed by atoms with Crippen molar-refractivity contribution in [2.45, 2.75) is 45.1 Å². The molecule has 1 fully saturated rings. The highest BCUT2D eigenvalue weighted by Gasteiger charge is 2.50.